The summed E-state index contributed by atoms with van der Waals surface area (Å²) < 4.78 is 5.37. The zero-order valence-corrected chi connectivity index (χ0v) is 15.2. The largest absolute Gasteiger partial charge is 0.497 e. The topological polar surface area (TPSA) is 38.3 Å². The van der Waals surface area contributed by atoms with Crippen LogP contribution in [0.15, 0.2) is 24.3 Å². The van der Waals surface area contributed by atoms with Crippen molar-refractivity contribution in [1.29, 1.82) is 0 Å². The molecular formula is C21H29NO2. The fraction of sp³-hybridized carbons (Fsp3) is 0.571. The fourth-order valence-electron chi connectivity index (χ4n) is 4.00. The first kappa shape index (κ1) is 17.1. The minimum atomic E-state index is -0.0606. The summed E-state index contributed by atoms with van der Waals surface area (Å²) in [5.41, 5.74) is 3.29. The van der Waals surface area contributed by atoms with Crippen LogP contribution in [0.5, 0.6) is 5.75 Å². The lowest BCUT2D eigenvalue weighted by molar-refractivity contribution is -0.118. The zero-order valence-electron chi connectivity index (χ0n) is 15.2. The van der Waals surface area contributed by atoms with E-state index in [4.69, 9.17) is 4.74 Å². The summed E-state index contributed by atoms with van der Waals surface area (Å²) in [6, 6.07) is 6.15. The summed E-state index contributed by atoms with van der Waals surface area (Å²) in [7, 11) is 1.69. The van der Waals surface area contributed by atoms with E-state index in [-0.39, 0.29) is 11.5 Å². The van der Waals surface area contributed by atoms with Crippen LogP contribution in [0.4, 0.5) is 0 Å². The van der Waals surface area contributed by atoms with Crippen LogP contribution in [0, 0.1) is 5.92 Å². The summed E-state index contributed by atoms with van der Waals surface area (Å²) in [6.07, 6.45) is 9.79. The molecule has 0 radical (unpaired) electrons. The van der Waals surface area contributed by atoms with E-state index in [1.807, 2.05) is 12.1 Å². The van der Waals surface area contributed by atoms with Crippen LogP contribution < -0.4 is 10.1 Å². The molecule has 24 heavy (non-hydrogen) atoms. The van der Waals surface area contributed by atoms with E-state index in [1.54, 1.807) is 7.11 Å². The molecule has 0 unspecified atom stereocenters. The number of hydrogen-bond acceptors (Lipinski definition) is 3. The molecule has 1 saturated carbocycles. The van der Waals surface area contributed by atoms with Crippen molar-refractivity contribution in [3.05, 3.63) is 35.4 Å². The van der Waals surface area contributed by atoms with E-state index in [9.17, 15) is 4.79 Å². The molecule has 1 aliphatic carbocycles. The zero-order chi connectivity index (χ0) is 17.2. The number of ether oxygens (including phenoxy) is 1. The molecular weight excluding hydrogens is 298 g/mol. The van der Waals surface area contributed by atoms with Crippen molar-refractivity contribution < 1.29 is 9.53 Å². The summed E-state index contributed by atoms with van der Waals surface area (Å²) in [5, 5.41) is 3.57. The number of rotatable bonds is 3. The first-order valence-electron chi connectivity index (χ1n) is 9.19. The molecule has 1 aromatic rings. The summed E-state index contributed by atoms with van der Waals surface area (Å²) in [5.74, 6) is 1.37. The molecule has 1 N–H and O–H groups in total. The predicted octanol–water partition coefficient (Wildman–Crippen LogP) is 4.50. The van der Waals surface area contributed by atoms with Gasteiger partial charge in [0.2, 0.25) is 0 Å². The van der Waals surface area contributed by atoms with Crippen LogP contribution >= 0.6 is 0 Å². The molecule has 0 amide bonds. The molecule has 0 spiro atoms. The number of carbonyl (C=O) groups excluding carboxylic acids is 1. The Labute approximate surface area is 145 Å². The van der Waals surface area contributed by atoms with Gasteiger partial charge in [0.15, 0.2) is 5.78 Å². The van der Waals surface area contributed by atoms with E-state index in [2.05, 4.69) is 31.3 Å². The minimum absolute atomic E-state index is 0.0606. The molecule has 1 fully saturated rings. The van der Waals surface area contributed by atoms with E-state index in [0.717, 1.165) is 36.3 Å². The molecule has 1 aromatic carbocycles. The molecule has 0 saturated heterocycles. The second kappa shape index (κ2) is 7.00. The van der Waals surface area contributed by atoms with Gasteiger partial charge >= 0.3 is 0 Å². The lowest BCUT2D eigenvalue weighted by atomic mass is 9.84. The van der Waals surface area contributed by atoms with Crippen molar-refractivity contribution in [2.24, 2.45) is 5.92 Å². The third-order valence-corrected chi connectivity index (χ3v) is 5.25. The van der Waals surface area contributed by atoms with Gasteiger partial charge in [-0.3, -0.25) is 4.79 Å². The summed E-state index contributed by atoms with van der Waals surface area (Å²) >= 11 is 0. The lowest BCUT2D eigenvalue weighted by Gasteiger charge is -2.36. The molecule has 0 atom stereocenters. The highest BCUT2D eigenvalue weighted by Crippen LogP contribution is 2.33. The molecule has 3 nitrogen and oxygen atoms in total. The Kier molecular flexibility index (Phi) is 4.98. The van der Waals surface area contributed by atoms with Crippen LogP contribution in [0.1, 0.15) is 63.5 Å². The highest BCUT2D eigenvalue weighted by Gasteiger charge is 2.29. The SMILES string of the molecule is COc1ccc2c(c1)CC(C)(C)N/C2=C\C(=O)C1CCCCCC1. The van der Waals surface area contributed by atoms with Crippen LogP contribution in [-0.4, -0.2) is 18.4 Å². The van der Waals surface area contributed by atoms with E-state index >= 15 is 0 Å². The van der Waals surface area contributed by atoms with Gasteiger partial charge in [0.25, 0.3) is 0 Å². The average Bonchev–Trinajstić information content (AvgIpc) is 2.82. The van der Waals surface area contributed by atoms with E-state index < -0.39 is 0 Å². The Bertz CT molecular complexity index is 637. The number of allylic oxidation sites excluding steroid dienone is 1. The van der Waals surface area contributed by atoms with Crippen LogP contribution in [0.3, 0.4) is 0 Å². The number of hydrogen-bond donors (Lipinski definition) is 1. The second-order valence-corrected chi connectivity index (χ2v) is 7.86. The van der Waals surface area contributed by atoms with Crippen molar-refractivity contribution in [3.63, 3.8) is 0 Å². The number of nitrogens with one attached hydrogen (secondary N) is 1. The van der Waals surface area contributed by atoms with Crippen molar-refractivity contribution in [3.8, 4) is 5.75 Å². The van der Waals surface area contributed by atoms with Crippen molar-refractivity contribution in [1.82, 2.24) is 5.32 Å². The van der Waals surface area contributed by atoms with Gasteiger partial charge in [-0.05, 0) is 56.9 Å². The number of carbonyl (C=O) groups is 1. The normalized spacial score (nSPS) is 22.4. The summed E-state index contributed by atoms with van der Waals surface area (Å²) in [6.45, 7) is 4.36. The van der Waals surface area contributed by atoms with Crippen molar-refractivity contribution in [2.75, 3.05) is 7.11 Å². The standard InChI is InChI=1S/C21H29NO2/c1-21(2)14-16-12-17(24-3)10-11-18(16)19(22-21)13-20(23)15-8-6-4-5-7-9-15/h10-13,15,22H,4-9,14H2,1-3H3/b19-13-. The van der Waals surface area contributed by atoms with Gasteiger partial charge in [-0.2, -0.15) is 0 Å². The number of ketones is 1. The lowest BCUT2D eigenvalue weighted by Crippen LogP contribution is -2.44. The Morgan fingerprint density at radius 1 is 1.21 bits per heavy atom. The maximum Gasteiger partial charge on any atom is 0.160 e. The van der Waals surface area contributed by atoms with Crippen LogP contribution in [0.25, 0.3) is 5.70 Å². The smallest absolute Gasteiger partial charge is 0.160 e. The molecule has 3 heteroatoms. The van der Waals surface area contributed by atoms with Gasteiger partial charge in [-0.1, -0.05) is 25.7 Å². The number of methoxy groups -OCH3 is 1. The molecule has 0 aromatic heterocycles. The van der Waals surface area contributed by atoms with Crippen molar-refractivity contribution in [2.45, 2.75) is 64.3 Å². The van der Waals surface area contributed by atoms with Gasteiger partial charge in [0, 0.05) is 28.8 Å². The molecule has 0 bridgehead atoms. The molecule has 130 valence electrons. The van der Waals surface area contributed by atoms with Gasteiger partial charge in [0.1, 0.15) is 5.75 Å². The van der Waals surface area contributed by atoms with Crippen LogP contribution in [-0.2, 0) is 11.2 Å². The first-order chi connectivity index (χ1) is 11.5. The quantitative estimate of drug-likeness (QED) is 0.656. The minimum Gasteiger partial charge on any atom is -0.497 e. The summed E-state index contributed by atoms with van der Waals surface area (Å²) in [4.78, 5) is 12.8. The predicted molar refractivity (Wildman–Crippen MR) is 98.1 cm³/mol. The molecule has 3 rings (SSSR count). The van der Waals surface area contributed by atoms with Gasteiger partial charge in [-0.15, -0.1) is 0 Å². The molecule has 2 aliphatic rings. The van der Waals surface area contributed by atoms with Gasteiger partial charge < -0.3 is 10.1 Å². The fourth-order valence-corrected chi connectivity index (χ4v) is 4.00. The average molecular weight is 327 g/mol. The molecule has 1 aliphatic heterocycles. The monoisotopic (exact) mass is 327 g/mol. The highest BCUT2D eigenvalue weighted by molar-refractivity contribution is 5.98. The first-order valence-corrected chi connectivity index (χ1v) is 9.19. The molecule has 1 heterocycles. The Hall–Kier alpha value is -1.77. The van der Waals surface area contributed by atoms with Crippen LogP contribution in [0.2, 0.25) is 0 Å². The Balaban J connectivity index is 1.90. The highest BCUT2D eigenvalue weighted by atomic mass is 16.5. The third kappa shape index (κ3) is 3.82. The van der Waals surface area contributed by atoms with E-state index in [0.29, 0.717) is 5.78 Å². The second-order valence-electron chi connectivity index (χ2n) is 7.86. The number of benzene rings is 1. The maximum atomic E-state index is 12.8. The van der Waals surface area contributed by atoms with Crippen molar-refractivity contribution >= 4 is 11.5 Å². The van der Waals surface area contributed by atoms with Gasteiger partial charge in [0.05, 0.1) is 7.11 Å². The number of fused-ring (bicyclic) bond motifs is 1. The van der Waals surface area contributed by atoms with E-state index in [1.165, 1.54) is 31.2 Å². The maximum absolute atomic E-state index is 12.8. The van der Waals surface area contributed by atoms with Gasteiger partial charge in [-0.25, -0.2) is 0 Å². The Morgan fingerprint density at radius 2 is 1.92 bits per heavy atom. The Morgan fingerprint density at radius 3 is 2.58 bits per heavy atom. The third-order valence-electron chi connectivity index (χ3n) is 5.25.